The van der Waals surface area contributed by atoms with Gasteiger partial charge < -0.3 is 14.7 Å². The van der Waals surface area contributed by atoms with Crippen LogP contribution in [0.15, 0.2) is 48.5 Å². The molecule has 1 amide bonds. The Hall–Kier alpha value is -2.74. The van der Waals surface area contributed by atoms with Crippen LogP contribution in [0.1, 0.15) is 5.56 Å². The Morgan fingerprint density at radius 2 is 1.81 bits per heavy atom. The lowest BCUT2D eigenvalue weighted by Gasteiger charge is -2.50. The van der Waals surface area contributed by atoms with Crippen molar-refractivity contribution in [3.8, 4) is 0 Å². The zero-order chi connectivity index (χ0) is 21.4. The van der Waals surface area contributed by atoms with Crippen molar-refractivity contribution in [2.24, 2.45) is 5.92 Å². The Morgan fingerprint density at radius 1 is 1.03 bits per heavy atom. The van der Waals surface area contributed by atoms with Gasteiger partial charge in [-0.3, -0.25) is 14.9 Å². The number of piperazine rings is 1. The summed E-state index contributed by atoms with van der Waals surface area (Å²) in [5.74, 6) is 1.96. The first-order valence-corrected chi connectivity index (χ1v) is 12.0. The number of hydrogen-bond donors (Lipinski definition) is 0. The van der Waals surface area contributed by atoms with Crippen molar-refractivity contribution in [2.45, 2.75) is 12.5 Å². The maximum atomic E-state index is 13.6. The topological polar surface area (TPSA) is 69.9 Å². The van der Waals surface area contributed by atoms with E-state index in [0.29, 0.717) is 6.42 Å². The Bertz CT molecular complexity index is 980. The van der Waals surface area contributed by atoms with Crippen LogP contribution in [-0.2, 0) is 11.2 Å². The van der Waals surface area contributed by atoms with Gasteiger partial charge >= 0.3 is 0 Å². The lowest BCUT2D eigenvalue weighted by atomic mass is 9.82. The molecule has 31 heavy (non-hydrogen) atoms. The minimum Gasteiger partial charge on any atom is -0.368 e. The third kappa shape index (κ3) is 3.84. The molecule has 0 radical (unpaired) electrons. The SMILES string of the molecule is O=C([C@H]1Cc2cc([N+](=O)[O-])ccc2N2CCN(c3ccccc3)C[C@H]12)N1CCSCC1. The summed E-state index contributed by atoms with van der Waals surface area (Å²) in [6, 6.07) is 15.5. The van der Waals surface area contributed by atoms with Gasteiger partial charge in [0.2, 0.25) is 5.91 Å². The molecule has 3 heterocycles. The number of carbonyl (C=O) groups is 1. The molecule has 2 aromatic rings. The van der Waals surface area contributed by atoms with E-state index in [4.69, 9.17) is 0 Å². The summed E-state index contributed by atoms with van der Waals surface area (Å²) in [5, 5.41) is 11.3. The lowest BCUT2D eigenvalue weighted by Crippen LogP contribution is -2.62. The van der Waals surface area contributed by atoms with Gasteiger partial charge in [0.25, 0.3) is 5.69 Å². The molecule has 2 aromatic carbocycles. The molecular weight excluding hydrogens is 412 g/mol. The van der Waals surface area contributed by atoms with E-state index in [9.17, 15) is 14.9 Å². The van der Waals surface area contributed by atoms with E-state index < -0.39 is 0 Å². The van der Waals surface area contributed by atoms with E-state index in [2.05, 4.69) is 21.9 Å². The van der Waals surface area contributed by atoms with Gasteiger partial charge in [-0.25, -0.2) is 0 Å². The Labute approximate surface area is 186 Å². The van der Waals surface area contributed by atoms with E-state index >= 15 is 0 Å². The predicted octanol–water partition coefficient (Wildman–Crippen LogP) is 3.04. The monoisotopic (exact) mass is 438 g/mol. The van der Waals surface area contributed by atoms with Crippen molar-refractivity contribution in [3.05, 3.63) is 64.2 Å². The third-order valence-electron chi connectivity index (χ3n) is 6.67. The van der Waals surface area contributed by atoms with Gasteiger partial charge in [-0.15, -0.1) is 0 Å². The zero-order valence-electron chi connectivity index (χ0n) is 17.4. The minimum absolute atomic E-state index is 0.0602. The van der Waals surface area contributed by atoms with Gasteiger partial charge in [-0.2, -0.15) is 11.8 Å². The largest absolute Gasteiger partial charge is 0.368 e. The number of para-hydroxylation sites is 1. The summed E-state index contributed by atoms with van der Waals surface area (Å²) in [7, 11) is 0. The first kappa shape index (κ1) is 20.2. The maximum Gasteiger partial charge on any atom is 0.269 e. The molecule has 0 N–H and O–H groups in total. The number of nitrogens with zero attached hydrogens (tertiary/aromatic N) is 4. The predicted molar refractivity (Wildman–Crippen MR) is 124 cm³/mol. The molecule has 0 spiro atoms. The second kappa shape index (κ2) is 8.42. The molecule has 3 aliphatic heterocycles. The smallest absolute Gasteiger partial charge is 0.269 e. The van der Waals surface area contributed by atoms with E-state index in [1.165, 1.54) is 5.69 Å². The van der Waals surface area contributed by atoms with Crippen molar-refractivity contribution >= 4 is 34.7 Å². The third-order valence-corrected chi connectivity index (χ3v) is 7.61. The molecule has 0 aromatic heterocycles. The quantitative estimate of drug-likeness (QED) is 0.542. The van der Waals surface area contributed by atoms with Crippen LogP contribution in [0.4, 0.5) is 17.1 Å². The van der Waals surface area contributed by atoms with Gasteiger partial charge in [0.1, 0.15) is 0 Å². The highest BCUT2D eigenvalue weighted by Gasteiger charge is 2.43. The number of nitro groups is 1. The molecule has 0 aliphatic carbocycles. The molecule has 162 valence electrons. The van der Waals surface area contributed by atoms with E-state index in [-0.39, 0.29) is 28.5 Å². The minimum atomic E-state index is -0.349. The molecular formula is C23H26N4O3S. The number of carbonyl (C=O) groups excluding carboxylic acids is 1. The maximum absolute atomic E-state index is 13.6. The van der Waals surface area contributed by atoms with Crippen LogP contribution < -0.4 is 9.80 Å². The van der Waals surface area contributed by atoms with Crippen molar-refractivity contribution in [1.82, 2.24) is 4.90 Å². The average molecular weight is 439 g/mol. The molecule has 5 rings (SSSR count). The molecule has 8 heteroatoms. The first-order chi connectivity index (χ1) is 15.1. The van der Waals surface area contributed by atoms with Gasteiger partial charge in [0.05, 0.1) is 16.9 Å². The van der Waals surface area contributed by atoms with E-state index in [0.717, 1.165) is 55.5 Å². The van der Waals surface area contributed by atoms with Crippen molar-refractivity contribution in [2.75, 3.05) is 54.0 Å². The molecule has 7 nitrogen and oxygen atoms in total. The second-order valence-corrected chi connectivity index (χ2v) is 9.59. The summed E-state index contributed by atoms with van der Waals surface area (Å²) in [6.45, 7) is 4.01. The number of thioether (sulfide) groups is 1. The lowest BCUT2D eigenvalue weighted by molar-refractivity contribution is -0.384. The fourth-order valence-electron chi connectivity index (χ4n) is 5.10. The van der Waals surface area contributed by atoms with Gasteiger partial charge in [0, 0.05) is 67.7 Å². The zero-order valence-corrected chi connectivity index (χ0v) is 18.2. The van der Waals surface area contributed by atoms with Crippen molar-refractivity contribution < 1.29 is 9.72 Å². The number of non-ortho nitro benzene ring substituents is 1. The molecule has 0 bridgehead atoms. The standard InChI is InChI=1S/C23H26N4O3S/c28-23(24-10-12-31-13-11-24)20-15-17-14-19(27(29)30)6-7-21(17)26-9-8-25(16-22(20)26)18-4-2-1-3-5-18/h1-7,14,20,22H,8-13,15-16H2/t20-,22+/m0/s1. The van der Waals surface area contributed by atoms with Gasteiger partial charge in [-0.1, -0.05) is 18.2 Å². The summed E-state index contributed by atoms with van der Waals surface area (Å²) in [6.07, 6.45) is 0.559. The van der Waals surface area contributed by atoms with Crippen LogP contribution in [0.3, 0.4) is 0 Å². The Kier molecular flexibility index (Phi) is 5.48. The van der Waals surface area contributed by atoms with E-state index in [1.54, 1.807) is 12.1 Å². The van der Waals surface area contributed by atoms with Crippen LogP contribution in [0.2, 0.25) is 0 Å². The summed E-state index contributed by atoms with van der Waals surface area (Å²) in [5.41, 5.74) is 3.24. The second-order valence-electron chi connectivity index (χ2n) is 8.36. The number of anilines is 2. The number of fused-ring (bicyclic) bond motifs is 3. The van der Waals surface area contributed by atoms with E-state index in [1.807, 2.05) is 40.9 Å². The molecule has 2 fully saturated rings. The van der Waals surface area contributed by atoms with Gasteiger partial charge in [0.15, 0.2) is 0 Å². The number of benzene rings is 2. The normalized spacial score (nSPS) is 23.2. The van der Waals surface area contributed by atoms with Crippen LogP contribution >= 0.6 is 11.8 Å². The molecule has 0 unspecified atom stereocenters. The summed E-state index contributed by atoms with van der Waals surface area (Å²) >= 11 is 1.89. The number of hydrogen-bond acceptors (Lipinski definition) is 6. The van der Waals surface area contributed by atoms with Crippen LogP contribution in [-0.4, -0.2) is 66.0 Å². The van der Waals surface area contributed by atoms with Crippen LogP contribution in [0.25, 0.3) is 0 Å². The fraction of sp³-hybridized carbons (Fsp3) is 0.435. The van der Waals surface area contributed by atoms with Crippen LogP contribution in [0.5, 0.6) is 0 Å². The highest BCUT2D eigenvalue weighted by atomic mass is 32.2. The number of amides is 1. The Balaban J connectivity index is 1.49. The van der Waals surface area contributed by atoms with Crippen molar-refractivity contribution in [3.63, 3.8) is 0 Å². The average Bonchev–Trinajstić information content (AvgIpc) is 2.83. The number of rotatable bonds is 3. The van der Waals surface area contributed by atoms with Gasteiger partial charge in [-0.05, 0) is 30.2 Å². The molecule has 0 saturated carbocycles. The van der Waals surface area contributed by atoms with Crippen LogP contribution in [0, 0.1) is 16.0 Å². The summed E-state index contributed by atoms with van der Waals surface area (Å²) < 4.78 is 0. The highest BCUT2D eigenvalue weighted by Crippen LogP contribution is 2.39. The van der Waals surface area contributed by atoms with Crippen molar-refractivity contribution in [1.29, 1.82) is 0 Å². The number of nitro benzene ring substituents is 1. The highest BCUT2D eigenvalue weighted by molar-refractivity contribution is 7.99. The fourth-order valence-corrected chi connectivity index (χ4v) is 6.00. The first-order valence-electron chi connectivity index (χ1n) is 10.8. The molecule has 3 aliphatic rings. The molecule has 2 saturated heterocycles. The Morgan fingerprint density at radius 3 is 2.55 bits per heavy atom. The summed E-state index contributed by atoms with van der Waals surface area (Å²) in [4.78, 5) is 31.3. The molecule has 2 atom stereocenters.